The number of aldehydes is 1. The van der Waals surface area contributed by atoms with Crippen LogP contribution in [0, 0.1) is 0 Å². The van der Waals surface area contributed by atoms with Crippen LogP contribution in [0.1, 0.15) is 19.3 Å². The van der Waals surface area contributed by atoms with Gasteiger partial charge in [-0.3, -0.25) is 4.79 Å². The smallest absolute Gasteiger partial charge is 0.240 e. The summed E-state index contributed by atoms with van der Waals surface area (Å²) in [6.07, 6.45) is 5.21. The maximum Gasteiger partial charge on any atom is 0.240 e. The van der Waals surface area contributed by atoms with Crippen molar-refractivity contribution < 1.29 is 9.59 Å². The highest BCUT2D eigenvalue weighted by molar-refractivity contribution is 7.98. The summed E-state index contributed by atoms with van der Waals surface area (Å²) >= 11 is 1.68. The minimum absolute atomic E-state index is 0.0707. The lowest BCUT2D eigenvalue weighted by molar-refractivity contribution is -0.135. The molecule has 0 aromatic carbocycles. The summed E-state index contributed by atoms with van der Waals surface area (Å²) in [6.45, 7) is 0.676. The summed E-state index contributed by atoms with van der Waals surface area (Å²) < 4.78 is 0. The van der Waals surface area contributed by atoms with E-state index in [0.717, 1.165) is 24.9 Å². The summed E-state index contributed by atoms with van der Waals surface area (Å²) in [5.41, 5.74) is 5.78. The van der Waals surface area contributed by atoms with Crippen molar-refractivity contribution in [2.75, 3.05) is 18.6 Å². The minimum Gasteiger partial charge on any atom is -0.332 e. The van der Waals surface area contributed by atoms with Crippen molar-refractivity contribution in [1.29, 1.82) is 0 Å². The van der Waals surface area contributed by atoms with Gasteiger partial charge >= 0.3 is 0 Å². The Bertz CT molecular complexity index is 235. The zero-order valence-corrected chi connectivity index (χ0v) is 9.83. The Morgan fingerprint density at radius 1 is 1.73 bits per heavy atom. The molecule has 0 radical (unpaired) electrons. The van der Waals surface area contributed by atoms with Crippen molar-refractivity contribution in [3.05, 3.63) is 0 Å². The van der Waals surface area contributed by atoms with Crippen LogP contribution < -0.4 is 5.73 Å². The lowest BCUT2D eigenvalue weighted by Gasteiger charge is -2.23. The molecule has 0 aromatic heterocycles. The fourth-order valence-corrected chi connectivity index (χ4v) is 2.28. The molecule has 1 amide bonds. The molecule has 1 heterocycles. The van der Waals surface area contributed by atoms with Crippen molar-refractivity contribution in [1.82, 2.24) is 4.90 Å². The number of hydrogen-bond donors (Lipinski definition) is 1. The first kappa shape index (κ1) is 12.5. The second-order valence-electron chi connectivity index (χ2n) is 3.77. The molecule has 5 heteroatoms. The number of nitrogens with zero attached hydrogens (tertiary/aromatic N) is 1. The standard InChI is InChI=1S/C10H18N2O2S/c1-15-6-4-9(11)10(14)12-5-2-3-8(12)7-13/h7-9H,2-6,11H2,1H3/t8-,9-/m0/s1. The van der Waals surface area contributed by atoms with Crippen LogP contribution in [0.3, 0.4) is 0 Å². The number of rotatable bonds is 5. The third-order valence-corrected chi connectivity index (χ3v) is 3.33. The molecule has 0 spiro atoms. The Hall–Kier alpha value is -0.550. The SMILES string of the molecule is CSCC[C@H](N)C(=O)N1CCC[C@H]1C=O. The molecule has 1 aliphatic heterocycles. The van der Waals surface area contributed by atoms with E-state index >= 15 is 0 Å². The van der Waals surface area contributed by atoms with Crippen LogP contribution in [-0.4, -0.2) is 47.7 Å². The highest BCUT2D eigenvalue weighted by Crippen LogP contribution is 2.17. The zero-order chi connectivity index (χ0) is 11.3. The monoisotopic (exact) mass is 230 g/mol. The number of carbonyl (C=O) groups is 2. The van der Waals surface area contributed by atoms with E-state index in [2.05, 4.69) is 0 Å². The molecule has 2 atom stereocenters. The van der Waals surface area contributed by atoms with Gasteiger partial charge in [0, 0.05) is 6.54 Å². The summed E-state index contributed by atoms with van der Waals surface area (Å²) in [5.74, 6) is 0.811. The molecule has 0 saturated carbocycles. The summed E-state index contributed by atoms with van der Waals surface area (Å²) in [5, 5.41) is 0. The fourth-order valence-electron chi connectivity index (χ4n) is 1.79. The van der Waals surface area contributed by atoms with Crippen LogP contribution in [0.2, 0.25) is 0 Å². The van der Waals surface area contributed by atoms with Crippen molar-refractivity contribution >= 4 is 24.0 Å². The molecule has 0 aromatic rings. The van der Waals surface area contributed by atoms with Crippen LogP contribution in [0.15, 0.2) is 0 Å². The molecule has 1 saturated heterocycles. The van der Waals surface area contributed by atoms with Gasteiger partial charge in [0.05, 0.1) is 12.1 Å². The van der Waals surface area contributed by atoms with Crippen LogP contribution in [0.5, 0.6) is 0 Å². The summed E-state index contributed by atoms with van der Waals surface area (Å²) in [4.78, 5) is 24.2. The van der Waals surface area contributed by atoms with Gasteiger partial charge in [0.25, 0.3) is 0 Å². The molecule has 86 valence electrons. The Balaban J connectivity index is 2.47. The van der Waals surface area contributed by atoms with Crippen LogP contribution in [0.25, 0.3) is 0 Å². The molecule has 15 heavy (non-hydrogen) atoms. The number of carbonyl (C=O) groups excluding carboxylic acids is 2. The van der Waals surface area contributed by atoms with Crippen molar-refractivity contribution in [2.24, 2.45) is 5.73 Å². The van der Waals surface area contributed by atoms with E-state index in [1.807, 2.05) is 6.26 Å². The van der Waals surface area contributed by atoms with Gasteiger partial charge < -0.3 is 15.4 Å². The Morgan fingerprint density at radius 2 is 2.47 bits per heavy atom. The lowest BCUT2D eigenvalue weighted by atomic mass is 10.2. The predicted molar refractivity (Wildman–Crippen MR) is 61.8 cm³/mol. The van der Waals surface area contributed by atoms with E-state index in [1.165, 1.54) is 0 Å². The van der Waals surface area contributed by atoms with Gasteiger partial charge in [0.2, 0.25) is 5.91 Å². The van der Waals surface area contributed by atoms with Crippen molar-refractivity contribution in [3.63, 3.8) is 0 Å². The second-order valence-corrected chi connectivity index (χ2v) is 4.75. The van der Waals surface area contributed by atoms with Gasteiger partial charge in [-0.1, -0.05) is 0 Å². The number of thioether (sulfide) groups is 1. The van der Waals surface area contributed by atoms with Crippen LogP contribution in [-0.2, 0) is 9.59 Å². The molecule has 0 unspecified atom stereocenters. The number of amides is 1. The number of nitrogens with two attached hydrogens (primary N) is 1. The topological polar surface area (TPSA) is 63.4 Å². The number of hydrogen-bond acceptors (Lipinski definition) is 4. The fraction of sp³-hybridized carbons (Fsp3) is 0.800. The summed E-state index contributed by atoms with van der Waals surface area (Å²) in [6, 6.07) is -0.684. The highest BCUT2D eigenvalue weighted by atomic mass is 32.2. The first-order valence-electron chi connectivity index (χ1n) is 5.21. The maximum atomic E-state index is 11.9. The van der Waals surface area contributed by atoms with Crippen LogP contribution >= 0.6 is 11.8 Å². The molecular weight excluding hydrogens is 212 g/mol. The first-order chi connectivity index (χ1) is 7.20. The van der Waals surface area contributed by atoms with Crippen molar-refractivity contribution in [3.8, 4) is 0 Å². The van der Waals surface area contributed by atoms with E-state index < -0.39 is 6.04 Å². The van der Waals surface area contributed by atoms with Gasteiger partial charge in [-0.05, 0) is 31.3 Å². The van der Waals surface area contributed by atoms with E-state index in [-0.39, 0.29) is 11.9 Å². The second kappa shape index (κ2) is 6.12. The molecule has 0 aliphatic carbocycles. The Kier molecular flexibility index (Phi) is 5.11. The molecule has 1 rings (SSSR count). The highest BCUT2D eigenvalue weighted by Gasteiger charge is 2.30. The average Bonchev–Trinajstić information content (AvgIpc) is 2.72. The van der Waals surface area contributed by atoms with E-state index in [9.17, 15) is 9.59 Å². The largest absolute Gasteiger partial charge is 0.332 e. The third-order valence-electron chi connectivity index (χ3n) is 2.69. The van der Waals surface area contributed by atoms with Gasteiger partial charge in [0.1, 0.15) is 6.29 Å². The third kappa shape index (κ3) is 3.21. The normalized spacial score (nSPS) is 22.8. The van der Waals surface area contributed by atoms with Crippen molar-refractivity contribution in [2.45, 2.75) is 31.3 Å². The Morgan fingerprint density at radius 3 is 3.07 bits per heavy atom. The lowest BCUT2D eigenvalue weighted by Crippen LogP contribution is -2.46. The molecule has 1 aliphatic rings. The minimum atomic E-state index is -0.446. The number of likely N-dealkylation sites (tertiary alicyclic amines) is 1. The molecular formula is C10H18N2O2S. The quantitative estimate of drug-likeness (QED) is 0.688. The average molecular weight is 230 g/mol. The van der Waals surface area contributed by atoms with Crippen LogP contribution in [0.4, 0.5) is 0 Å². The predicted octanol–water partition coefficient (Wildman–Crippen LogP) is 0.257. The van der Waals surface area contributed by atoms with E-state index in [1.54, 1.807) is 16.7 Å². The Labute approximate surface area is 94.6 Å². The van der Waals surface area contributed by atoms with E-state index in [0.29, 0.717) is 13.0 Å². The summed E-state index contributed by atoms with van der Waals surface area (Å²) in [7, 11) is 0. The molecule has 1 fully saturated rings. The van der Waals surface area contributed by atoms with Gasteiger partial charge in [-0.15, -0.1) is 0 Å². The molecule has 2 N–H and O–H groups in total. The van der Waals surface area contributed by atoms with Gasteiger partial charge in [-0.25, -0.2) is 0 Å². The maximum absolute atomic E-state index is 11.9. The zero-order valence-electron chi connectivity index (χ0n) is 9.02. The molecule has 4 nitrogen and oxygen atoms in total. The van der Waals surface area contributed by atoms with E-state index in [4.69, 9.17) is 5.73 Å². The van der Waals surface area contributed by atoms with Gasteiger partial charge in [-0.2, -0.15) is 11.8 Å². The van der Waals surface area contributed by atoms with Gasteiger partial charge in [0.15, 0.2) is 0 Å². The molecule has 0 bridgehead atoms. The first-order valence-corrected chi connectivity index (χ1v) is 6.60.